The average molecular weight is 443 g/mol. The van der Waals surface area contributed by atoms with Crippen molar-refractivity contribution < 1.29 is 14.7 Å². The number of piperazine rings is 1. The molecule has 154 valence electrons. The number of hydrogen-bond donors (Lipinski definition) is 3. The van der Waals surface area contributed by atoms with Gasteiger partial charge in [0.05, 0.1) is 23.0 Å². The molecule has 0 aromatic carbocycles. The van der Waals surface area contributed by atoms with E-state index in [0.717, 1.165) is 30.2 Å². The van der Waals surface area contributed by atoms with Crippen molar-refractivity contribution in [2.45, 2.75) is 24.9 Å². The molecule has 3 aromatic rings. The second-order valence-corrected chi connectivity index (χ2v) is 8.49. The Morgan fingerprint density at radius 1 is 1.40 bits per heavy atom. The summed E-state index contributed by atoms with van der Waals surface area (Å²) in [6, 6.07) is 3.02. The third kappa shape index (κ3) is 3.85. The van der Waals surface area contributed by atoms with E-state index in [1.165, 1.54) is 29.1 Å². The van der Waals surface area contributed by atoms with Gasteiger partial charge in [-0.3, -0.25) is 9.59 Å². The summed E-state index contributed by atoms with van der Waals surface area (Å²) in [5.41, 5.74) is 2.13. The molecule has 3 N–H and O–H groups in total. The Kier molecular flexibility index (Phi) is 5.89. The smallest absolute Gasteiger partial charge is 0.290 e. The molecule has 9 nitrogen and oxygen atoms in total. The van der Waals surface area contributed by atoms with Crippen LogP contribution in [-0.2, 0) is 4.79 Å². The van der Waals surface area contributed by atoms with Gasteiger partial charge in [-0.25, -0.2) is 9.97 Å². The molecule has 3 aliphatic heterocycles. The molecule has 0 aliphatic carbocycles. The quantitative estimate of drug-likeness (QED) is 0.527. The Morgan fingerprint density at radius 2 is 2.23 bits per heavy atom. The lowest BCUT2D eigenvalue weighted by atomic mass is 9.93. The highest BCUT2D eigenvalue weighted by Gasteiger charge is 2.34. The van der Waals surface area contributed by atoms with Crippen LogP contribution in [0, 0.1) is 11.3 Å². The van der Waals surface area contributed by atoms with Gasteiger partial charge in [-0.2, -0.15) is 5.26 Å². The van der Waals surface area contributed by atoms with Gasteiger partial charge in [0.1, 0.15) is 22.2 Å². The van der Waals surface area contributed by atoms with Crippen molar-refractivity contribution in [3.8, 4) is 6.07 Å². The summed E-state index contributed by atoms with van der Waals surface area (Å²) in [6.45, 7) is 1.65. The maximum absolute atomic E-state index is 12.8. The molecule has 6 heterocycles. The number of hydrogen-bond acceptors (Lipinski definition) is 9. The fraction of sp³-hybridized carbons (Fsp3) is 0.316. The van der Waals surface area contributed by atoms with Crippen LogP contribution in [0.4, 0.5) is 11.5 Å². The number of nitrogens with one attached hydrogen (secondary N) is 2. The largest absolute Gasteiger partial charge is 0.483 e. The molecule has 3 aliphatic rings. The third-order valence-electron chi connectivity index (χ3n) is 5.19. The highest BCUT2D eigenvalue weighted by atomic mass is 32.1. The van der Waals surface area contributed by atoms with Gasteiger partial charge in [-0.15, -0.1) is 22.7 Å². The molecule has 3 saturated heterocycles. The zero-order chi connectivity index (χ0) is 21.1. The first-order valence-electron chi connectivity index (χ1n) is 9.24. The molecule has 0 unspecified atom stereocenters. The molecule has 6 rings (SSSR count). The molecular formula is C19H18N6O3S2. The van der Waals surface area contributed by atoms with Crippen LogP contribution in [0.5, 0.6) is 0 Å². The molecule has 11 heteroatoms. The van der Waals surface area contributed by atoms with Crippen molar-refractivity contribution >= 4 is 56.9 Å². The number of amides is 1. The maximum atomic E-state index is 12.8. The molecule has 0 saturated carbocycles. The monoisotopic (exact) mass is 442 g/mol. The van der Waals surface area contributed by atoms with Crippen molar-refractivity contribution in [1.82, 2.24) is 15.3 Å². The third-order valence-corrected chi connectivity index (χ3v) is 6.81. The number of nitriles is 1. The summed E-state index contributed by atoms with van der Waals surface area (Å²) in [5.74, 6) is 0.573. The second-order valence-electron chi connectivity index (χ2n) is 6.89. The number of carbonyl (C=O) groups is 2. The number of aromatic nitrogens is 2. The Balaban J connectivity index is 0.000000687. The molecule has 2 bridgehead atoms. The van der Waals surface area contributed by atoms with E-state index in [9.17, 15) is 4.79 Å². The Labute approximate surface area is 180 Å². The van der Waals surface area contributed by atoms with Crippen LogP contribution < -0.4 is 15.5 Å². The van der Waals surface area contributed by atoms with E-state index in [4.69, 9.17) is 20.1 Å². The van der Waals surface area contributed by atoms with E-state index in [2.05, 4.69) is 26.6 Å². The van der Waals surface area contributed by atoms with Crippen LogP contribution in [0.15, 0.2) is 22.3 Å². The summed E-state index contributed by atoms with van der Waals surface area (Å²) in [4.78, 5) is 33.5. The molecule has 2 atom stereocenters. The summed E-state index contributed by atoms with van der Waals surface area (Å²) in [6.07, 6.45) is 4.17. The van der Waals surface area contributed by atoms with Gasteiger partial charge in [0.2, 0.25) is 0 Å². The van der Waals surface area contributed by atoms with Gasteiger partial charge < -0.3 is 20.6 Å². The topological polar surface area (TPSA) is 131 Å². The SMILES string of the molecule is N#Cc1cscc1NC(=O)c1csc2ncc(N3C[C@H]4CC[C@@H]3CN4)nc12.O=CO. The summed E-state index contributed by atoms with van der Waals surface area (Å²) in [5, 5.41) is 27.7. The Morgan fingerprint density at radius 3 is 2.90 bits per heavy atom. The standard InChI is InChI=1S/C18H16N6OS2.CH2O2/c19-3-10-7-26-9-14(10)22-17(25)13-8-27-18-16(13)23-15(5-21-18)24-6-11-1-2-12(24)4-20-11;2-1-3/h5,7-9,11-12,20H,1-2,4,6H2,(H,22,25);1H,(H,2,3)/t11-,12-;/m1./s1. The lowest BCUT2D eigenvalue weighted by molar-refractivity contribution is -0.122. The van der Waals surface area contributed by atoms with Gasteiger partial charge >= 0.3 is 0 Å². The van der Waals surface area contributed by atoms with E-state index < -0.39 is 0 Å². The zero-order valence-corrected chi connectivity index (χ0v) is 17.4. The molecule has 3 fully saturated rings. The molecule has 3 aromatic heterocycles. The average Bonchev–Trinajstić information content (AvgIpc) is 3.41. The molecule has 0 radical (unpaired) electrons. The van der Waals surface area contributed by atoms with Crippen molar-refractivity contribution in [2.24, 2.45) is 0 Å². The van der Waals surface area contributed by atoms with E-state index in [-0.39, 0.29) is 12.4 Å². The van der Waals surface area contributed by atoms with Crippen molar-refractivity contribution in [2.75, 3.05) is 23.3 Å². The zero-order valence-electron chi connectivity index (χ0n) is 15.7. The number of piperidine rings is 2. The van der Waals surface area contributed by atoms with Gasteiger partial charge in [-0.05, 0) is 12.8 Å². The van der Waals surface area contributed by atoms with E-state index in [1.807, 2.05) is 6.20 Å². The lowest BCUT2D eigenvalue weighted by Crippen LogP contribution is -2.61. The number of nitrogens with zero attached hydrogens (tertiary/aromatic N) is 4. The van der Waals surface area contributed by atoms with E-state index >= 15 is 0 Å². The predicted octanol–water partition coefficient (Wildman–Crippen LogP) is 2.52. The number of thiophene rings is 2. The van der Waals surface area contributed by atoms with Crippen molar-refractivity contribution in [3.63, 3.8) is 0 Å². The van der Waals surface area contributed by atoms with Crippen LogP contribution in [0.3, 0.4) is 0 Å². The Hall–Kier alpha value is -3.07. The predicted molar refractivity (Wildman–Crippen MR) is 115 cm³/mol. The fourth-order valence-electron chi connectivity index (χ4n) is 3.76. The fourth-order valence-corrected chi connectivity index (χ4v) is 5.29. The first kappa shape index (κ1) is 20.2. The Bertz CT molecular complexity index is 1110. The lowest BCUT2D eigenvalue weighted by Gasteiger charge is -2.46. The highest BCUT2D eigenvalue weighted by Crippen LogP contribution is 2.30. The first-order valence-corrected chi connectivity index (χ1v) is 11.1. The molecule has 0 spiro atoms. The first-order chi connectivity index (χ1) is 14.6. The van der Waals surface area contributed by atoms with Gasteiger partial charge in [0.15, 0.2) is 0 Å². The number of fused-ring (bicyclic) bond motifs is 4. The summed E-state index contributed by atoms with van der Waals surface area (Å²) in [7, 11) is 0. The normalized spacial score (nSPS) is 19.6. The number of carboxylic acid groups (broad SMARTS) is 1. The van der Waals surface area contributed by atoms with Crippen LogP contribution >= 0.6 is 22.7 Å². The number of anilines is 2. The molecule has 1 amide bonds. The summed E-state index contributed by atoms with van der Waals surface area (Å²) >= 11 is 2.79. The number of rotatable bonds is 3. The van der Waals surface area contributed by atoms with Gasteiger partial charge in [-0.1, -0.05) is 0 Å². The van der Waals surface area contributed by atoms with Gasteiger partial charge in [0, 0.05) is 41.3 Å². The maximum Gasteiger partial charge on any atom is 0.290 e. The number of carbonyl (C=O) groups excluding carboxylic acids is 1. The minimum absolute atomic E-state index is 0.250. The second kappa shape index (κ2) is 8.74. The highest BCUT2D eigenvalue weighted by molar-refractivity contribution is 7.17. The van der Waals surface area contributed by atoms with E-state index in [0.29, 0.717) is 34.4 Å². The van der Waals surface area contributed by atoms with Crippen LogP contribution in [0.1, 0.15) is 28.8 Å². The van der Waals surface area contributed by atoms with Crippen LogP contribution in [0.2, 0.25) is 0 Å². The van der Waals surface area contributed by atoms with Crippen LogP contribution in [-0.4, -0.2) is 52.6 Å². The van der Waals surface area contributed by atoms with Crippen molar-refractivity contribution in [1.29, 1.82) is 5.26 Å². The van der Waals surface area contributed by atoms with Crippen molar-refractivity contribution in [3.05, 3.63) is 33.5 Å². The van der Waals surface area contributed by atoms with Gasteiger partial charge in [0.25, 0.3) is 12.4 Å². The summed E-state index contributed by atoms with van der Waals surface area (Å²) < 4.78 is 0. The van der Waals surface area contributed by atoms with E-state index in [1.54, 1.807) is 16.1 Å². The van der Waals surface area contributed by atoms with Crippen LogP contribution in [0.25, 0.3) is 10.3 Å². The minimum atomic E-state index is -0.260. The molecular weight excluding hydrogens is 424 g/mol. The molecule has 30 heavy (non-hydrogen) atoms. The minimum Gasteiger partial charge on any atom is -0.483 e.